The number of hydrogen-bond donors (Lipinski definition) is 1. The lowest BCUT2D eigenvalue weighted by molar-refractivity contribution is -0.136. The van der Waals surface area contributed by atoms with Crippen LogP contribution in [0.5, 0.6) is 0 Å². The van der Waals surface area contributed by atoms with Gasteiger partial charge in [-0.25, -0.2) is 4.39 Å². The van der Waals surface area contributed by atoms with Gasteiger partial charge in [0.1, 0.15) is 5.82 Å². The van der Waals surface area contributed by atoms with Gasteiger partial charge in [0, 0.05) is 36.3 Å². The number of hydrogen-bond acceptors (Lipinski definition) is 4. The van der Waals surface area contributed by atoms with E-state index in [9.17, 15) is 9.18 Å². The fourth-order valence-corrected chi connectivity index (χ4v) is 3.62. The molecule has 1 unspecified atom stereocenters. The number of nitrogens with two attached hydrogens (primary N) is 1. The molecule has 0 saturated carbocycles. The molecule has 1 fully saturated rings. The summed E-state index contributed by atoms with van der Waals surface area (Å²) in [6.07, 6.45) is 2.93. The summed E-state index contributed by atoms with van der Waals surface area (Å²) in [5.41, 5.74) is 5.46. The van der Waals surface area contributed by atoms with E-state index in [4.69, 9.17) is 10.5 Å². The highest BCUT2D eigenvalue weighted by Gasteiger charge is 2.26. The molecule has 0 aromatic heterocycles. The molecule has 134 valence electrons. The molecule has 1 atom stereocenters. The number of piperidine rings is 1. The van der Waals surface area contributed by atoms with Crippen molar-refractivity contribution in [1.82, 2.24) is 4.90 Å². The van der Waals surface area contributed by atoms with Gasteiger partial charge in [-0.1, -0.05) is 6.92 Å². The Kier molecular flexibility index (Phi) is 8.02. The molecule has 1 amide bonds. The van der Waals surface area contributed by atoms with Crippen molar-refractivity contribution < 1.29 is 13.9 Å². The van der Waals surface area contributed by atoms with Crippen molar-refractivity contribution in [1.29, 1.82) is 0 Å². The second-order valence-electron chi connectivity index (χ2n) is 6.20. The Morgan fingerprint density at radius 2 is 2.04 bits per heavy atom. The van der Waals surface area contributed by atoms with E-state index in [1.54, 1.807) is 23.9 Å². The first-order chi connectivity index (χ1) is 11.6. The van der Waals surface area contributed by atoms with E-state index in [2.05, 4.69) is 0 Å². The van der Waals surface area contributed by atoms with Crippen molar-refractivity contribution in [3.8, 4) is 0 Å². The van der Waals surface area contributed by atoms with Gasteiger partial charge < -0.3 is 15.4 Å². The summed E-state index contributed by atoms with van der Waals surface area (Å²) in [5.74, 6) is 0.622. The minimum Gasteiger partial charge on any atom is -0.378 e. The Morgan fingerprint density at radius 1 is 1.38 bits per heavy atom. The molecular weight excluding hydrogens is 327 g/mol. The van der Waals surface area contributed by atoms with Gasteiger partial charge in [-0.2, -0.15) is 0 Å². The summed E-state index contributed by atoms with van der Waals surface area (Å²) in [5, 5.41) is 0. The Morgan fingerprint density at radius 3 is 2.67 bits per heavy atom. The lowest BCUT2D eigenvalue weighted by Gasteiger charge is -2.33. The molecule has 1 aromatic carbocycles. The van der Waals surface area contributed by atoms with Crippen LogP contribution in [0.15, 0.2) is 29.2 Å². The summed E-state index contributed by atoms with van der Waals surface area (Å²) < 4.78 is 18.7. The van der Waals surface area contributed by atoms with Gasteiger partial charge >= 0.3 is 0 Å². The van der Waals surface area contributed by atoms with E-state index in [0.717, 1.165) is 37.2 Å². The van der Waals surface area contributed by atoms with E-state index in [-0.39, 0.29) is 23.7 Å². The number of amides is 1. The van der Waals surface area contributed by atoms with Crippen LogP contribution in [0.25, 0.3) is 0 Å². The Hall–Kier alpha value is -1.11. The van der Waals surface area contributed by atoms with Crippen molar-refractivity contribution >= 4 is 17.7 Å². The average molecular weight is 354 g/mol. The summed E-state index contributed by atoms with van der Waals surface area (Å²) in [7, 11) is 0. The fourth-order valence-electron chi connectivity index (χ4n) is 2.71. The number of halogens is 1. The lowest BCUT2D eigenvalue weighted by Crippen LogP contribution is -2.43. The molecular formula is C18H27FN2O2S. The molecule has 24 heavy (non-hydrogen) atoms. The molecule has 2 rings (SSSR count). The molecule has 0 bridgehead atoms. The normalized spacial score (nSPS) is 17.0. The topological polar surface area (TPSA) is 55.6 Å². The number of nitrogens with zero attached hydrogens (tertiary/aromatic N) is 1. The van der Waals surface area contributed by atoms with Crippen molar-refractivity contribution in [3.05, 3.63) is 30.1 Å². The molecule has 2 N–H and O–H groups in total. The third kappa shape index (κ3) is 6.07. The third-order valence-electron chi connectivity index (χ3n) is 4.19. The van der Waals surface area contributed by atoms with Crippen LogP contribution in [0.1, 0.15) is 26.2 Å². The van der Waals surface area contributed by atoms with Crippen LogP contribution in [0.3, 0.4) is 0 Å². The quantitative estimate of drug-likeness (QED) is 0.576. The zero-order valence-corrected chi connectivity index (χ0v) is 15.1. The van der Waals surface area contributed by atoms with Crippen LogP contribution in [0.2, 0.25) is 0 Å². The molecule has 1 aliphatic heterocycles. The molecule has 6 heteroatoms. The average Bonchev–Trinajstić information content (AvgIpc) is 2.61. The molecule has 1 heterocycles. The highest BCUT2D eigenvalue weighted by molar-refractivity contribution is 7.99. The maximum Gasteiger partial charge on any atom is 0.226 e. The predicted octanol–water partition coefficient (Wildman–Crippen LogP) is 2.91. The van der Waals surface area contributed by atoms with E-state index in [1.807, 2.05) is 11.8 Å². The SMILES string of the molecule is CC(CSc1ccc(F)cc1)C(=O)N1CCC(OCCCN)CC1. The maximum absolute atomic E-state index is 12.9. The highest BCUT2D eigenvalue weighted by Crippen LogP contribution is 2.23. The van der Waals surface area contributed by atoms with Gasteiger partial charge in [0.25, 0.3) is 0 Å². The molecule has 0 spiro atoms. The number of likely N-dealkylation sites (tertiary alicyclic amines) is 1. The van der Waals surface area contributed by atoms with E-state index in [0.29, 0.717) is 18.9 Å². The summed E-state index contributed by atoms with van der Waals surface area (Å²) in [6.45, 7) is 4.85. The monoisotopic (exact) mass is 354 g/mol. The van der Waals surface area contributed by atoms with Gasteiger partial charge in [-0.15, -0.1) is 11.8 Å². The largest absolute Gasteiger partial charge is 0.378 e. The molecule has 0 radical (unpaired) electrons. The number of ether oxygens (including phenoxy) is 1. The zero-order chi connectivity index (χ0) is 17.4. The van der Waals surface area contributed by atoms with Gasteiger partial charge in [0.15, 0.2) is 0 Å². The molecule has 1 aromatic rings. The first-order valence-electron chi connectivity index (χ1n) is 8.59. The number of rotatable bonds is 8. The van der Waals surface area contributed by atoms with Crippen molar-refractivity contribution in [2.75, 3.05) is 32.0 Å². The Balaban J connectivity index is 1.70. The van der Waals surface area contributed by atoms with Crippen molar-refractivity contribution in [2.24, 2.45) is 11.7 Å². The van der Waals surface area contributed by atoms with Crippen LogP contribution >= 0.6 is 11.8 Å². The van der Waals surface area contributed by atoms with Gasteiger partial charge in [0.05, 0.1) is 6.10 Å². The first kappa shape index (κ1) is 19.2. The predicted molar refractivity (Wildman–Crippen MR) is 95.5 cm³/mol. The highest BCUT2D eigenvalue weighted by atomic mass is 32.2. The smallest absolute Gasteiger partial charge is 0.226 e. The van der Waals surface area contributed by atoms with Gasteiger partial charge in [0.2, 0.25) is 5.91 Å². The second kappa shape index (κ2) is 10.0. The summed E-state index contributed by atoms with van der Waals surface area (Å²) in [6, 6.07) is 6.40. The Bertz CT molecular complexity index is 504. The zero-order valence-electron chi connectivity index (χ0n) is 14.2. The van der Waals surface area contributed by atoms with Crippen molar-refractivity contribution in [2.45, 2.75) is 37.2 Å². The van der Waals surface area contributed by atoms with E-state index < -0.39 is 0 Å². The second-order valence-corrected chi connectivity index (χ2v) is 7.30. The number of benzene rings is 1. The fraction of sp³-hybridized carbons (Fsp3) is 0.611. The van der Waals surface area contributed by atoms with Gasteiger partial charge in [-0.05, 0) is 50.1 Å². The van der Waals surface area contributed by atoms with E-state index >= 15 is 0 Å². The van der Waals surface area contributed by atoms with Crippen molar-refractivity contribution in [3.63, 3.8) is 0 Å². The molecule has 1 aliphatic rings. The van der Waals surface area contributed by atoms with Crippen LogP contribution in [-0.2, 0) is 9.53 Å². The minimum atomic E-state index is -0.236. The van der Waals surface area contributed by atoms with Crippen LogP contribution < -0.4 is 5.73 Å². The van der Waals surface area contributed by atoms with Crippen LogP contribution in [0.4, 0.5) is 4.39 Å². The minimum absolute atomic E-state index is 0.0465. The lowest BCUT2D eigenvalue weighted by atomic mass is 10.1. The number of carbonyl (C=O) groups is 1. The number of thioether (sulfide) groups is 1. The number of carbonyl (C=O) groups excluding carboxylic acids is 1. The molecule has 4 nitrogen and oxygen atoms in total. The third-order valence-corrected chi connectivity index (χ3v) is 5.46. The Labute approximate surface area is 147 Å². The van der Waals surface area contributed by atoms with Crippen LogP contribution in [0, 0.1) is 11.7 Å². The van der Waals surface area contributed by atoms with E-state index in [1.165, 1.54) is 12.1 Å². The first-order valence-corrected chi connectivity index (χ1v) is 9.57. The summed E-state index contributed by atoms with van der Waals surface area (Å²) >= 11 is 1.59. The molecule has 0 aliphatic carbocycles. The maximum atomic E-state index is 12.9. The van der Waals surface area contributed by atoms with Crippen LogP contribution in [-0.4, -0.2) is 48.9 Å². The summed E-state index contributed by atoms with van der Waals surface area (Å²) in [4.78, 5) is 15.5. The molecule has 1 saturated heterocycles. The van der Waals surface area contributed by atoms with Gasteiger partial charge in [-0.3, -0.25) is 4.79 Å². The standard InChI is InChI=1S/C18H27FN2O2S/c1-14(13-24-17-5-3-15(19)4-6-17)18(22)21-10-7-16(8-11-21)23-12-2-9-20/h3-6,14,16H,2,7-13,20H2,1H3.